The maximum absolute atomic E-state index is 15.1. The van der Waals surface area contributed by atoms with Crippen molar-refractivity contribution >= 4 is 44.4 Å². The molecule has 1 saturated carbocycles. The van der Waals surface area contributed by atoms with Crippen LogP contribution < -0.4 is 16.4 Å². The topological polar surface area (TPSA) is 146 Å². The summed E-state index contributed by atoms with van der Waals surface area (Å²) in [5.74, 6) is -0.344. The molecule has 0 aliphatic heterocycles. The number of nitrogens with zero attached hydrogens (tertiary/aromatic N) is 5. The van der Waals surface area contributed by atoms with Crippen molar-refractivity contribution in [3.8, 4) is 11.3 Å². The molecule has 0 unspecified atom stereocenters. The van der Waals surface area contributed by atoms with Gasteiger partial charge in [-0.25, -0.2) is 33.9 Å². The molecule has 0 saturated heterocycles. The van der Waals surface area contributed by atoms with E-state index in [1.54, 1.807) is 0 Å². The van der Waals surface area contributed by atoms with Crippen molar-refractivity contribution < 1.29 is 31.6 Å². The average Bonchev–Trinajstić information content (AvgIpc) is 3.44. The first-order chi connectivity index (χ1) is 19.3. The number of fused-ring (bicyclic) bond motifs is 1. The van der Waals surface area contributed by atoms with Gasteiger partial charge in [0.15, 0.2) is 17.2 Å². The highest BCUT2D eigenvalue weighted by Gasteiger charge is 2.66. The summed E-state index contributed by atoms with van der Waals surface area (Å²) in [5.41, 5.74) is 4.93. The summed E-state index contributed by atoms with van der Waals surface area (Å²) in [6, 6.07) is 4.09. The summed E-state index contributed by atoms with van der Waals surface area (Å²) in [4.78, 5) is 20.7. The highest BCUT2D eigenvalue weighted by atomic mass is 32.3. The molecule has 3 heterocycles. The second kappa shape index (κ2) is 10.5. The van der Waals surface area contributed by atoms with Crippen LogP contribution >= 0.6 is 10.0 Å². The highest BCUT2D eigenvalue weighted by Crippen LogP contribution is 2.59. The smallest absolute Gasteiger partial charge is 0.383 e. The van der Waals surface area contributed by atoms with Crippen LogP contribution in [-0.2, 0) is 16.9 Å². The second-order valence-electron chi connectivity index (χ2n) is 10.6. The van der Waals surface area contributed by atoms with E-state index in [2.05, 4.69) is 49.6 Å². The maximum Gasteiger partial charge on any atom is 0.401 e. The number of benzene rings is 1. The van der Waals surface area contributed by atoms with Crippen molar-refractivity contribution in [2.24, 2.45) is 0 Å². The van der Waals surface area contributed by atoms with E-state index in [4.69, 9.17) is 15.0 Å². The molecule has 0 atom stereocenters. The molecule has 16 heteroatoms. The highest BCUT2D eigenvalue weighted by molar-refractivity contribution is 8.32. The Morgan fingerprint density at radius 2 is 1.95 bits per heavy atom. The number of aromatic nitrogens is 5. The summed E-state index contributed by atoms with van der Waals surface area (Å²) in [6.07, 6.45) is 3.14. The zero-order valence-corrected chi connectivity index (χ0v) is 23.2. The van der Waals surface area contributed by atoms with E-state index in [0.717, 1.165) is 17.9 Å². The van der Waals surface area contributed by atoms with Crippen LogP contribution in [0.5, 0.6) is 0 Å². The van der Waals surface area contributed by atoms with Gasteiger partial charge in [0.25, 0.3) is 0 Å². The number of amides is 2. The van der Waals surface area contributed by atoms with Gasteiger partial charge in [-0.2, -0.15) is 18.3 Å². The molecule has 1 aliphatic rings. The number of hydrogen-bond donors (Lipinski definition) is 3. The molecule has 1 aromatic carbocycles. The zero-order chi connectivity index (χ0) is 29.6. The normalized spacial score (nSPS) is 15.2. The Hall–Kier alpha value is -3.92. The van der Waals surface area contributed by atoms with E-state index in [0.29, 0.717) is 28.9 Å². The third-order valence-corrected chi connectivity index (χ3v) is 8.01. The van der Waals surface area contributed by atoms with Crippen LogP contribution in [0.25, 0.3) is 22.3 Å². The molecule has 4 N–H and O–H groups in total. The number of alkyl halides is 3. The molecule has 4 aromatic rings. The molecule has 41 heavy (non-hydrogen) atoms. The average molecular weight is 597 g/mol. The van der Waals surface area contributed by atoms with Gasteiger partial charge in [-0.15, -0.1) is 0 Å². The van der Waals surface area contributed by atoms with E-state index < -0.39 is 33.5 Å². The number of halogens is 4. The SMILES string of the molecule is CS(C)(C)CCOCn1nc(-c2ccc(NC(=O)Nc3cc(C4(C(F)(F)F)CC4)on3)c(F)c2)c2c(N)ncnc21. The fourth-order valence-corrected chi connectivity index (χ4v) is 4.79. The Kier molecular flexibility index (Phi) is 7.31. The summed E-state index contributed by atoms with van der Waals surface area (Å²) in [5, 5.41) is 13.0. The quantitative estimate of drug-likeness (QED) is 0.179. The number of rotatable bonds is 9. The van der Waals surface area contributed by atoms with E-state index in [-0.39, 0.29) is 42.7 Å². The number of nitrogens with two attached hydrogens (primary N) is 1. The van der Waals surface area contributed by atoms with Crippen LogP contribution in [0.4, 0.5) is 39.7 Å². The number of nitrogens with one attached hydrogen (secondary N) is 2. The van der Waals surface area contributed by atoms with Crippen molar-refractivity contribution in [3.05, 3.63) is 42.2 Å². The van der Waals surface area contributed by atoms with Gasteiger partial charge in [0.05, 0.1) is 17.7 Å². The predicted molar refractivity (Wildman–Crippen MR) is 147 cm³/mol. The van der Waals surface area contributed by atoms with Crippen LogP contribution in [0.15, 0.2) is 35.1 Å². The Bertz CT molecular complexity index is 1590. The Morgan fingerprint density at radius 1 is 1.20 bits per heavy atom. The molecular formula is C25H28F4N8O3S. The van der Waals surface area contributed by atoms with Crippen molar-refractivity contribution in [1.82, 2.24) is 24.9 Å². The van der Waals surface area contributed by atoms with Gasteiger partial charge < -0.3 is 20.3 Å². The molecule has 220 valence electrons. The largest absolute Gasteiger partial charge is 0.401 e. The second-order valence-corrected chi connectivity index (χ2v) is 15.2. The van der Waals surface area contributed by atoms with E-state index in [9.17, 15) is 18.0 Å². The lowest BCUT2D eigenvalue weighted by atomic mass is 10.0. The summed E-state index contributed by atoms with van der Waals surface area (Å²) in [6.45, 7) is 0.643. The monoisotopic (exact) mass is 596 g/mol. The first kappa shape index (κ1) is 28.6. The predicted octanol–water partition coefficient (Wildman–Crippen LogP) is 5.11. The zero-order valence-electron chi connectivity index (χ0n) is 22.4. The van der Waals surface area contributed by atoms with E-state index >= 15 is 4.39 Å². The number of carbonyl (C=O) groups excluding carboxylic acids is 1. The van der Waals surface area contributed by atoms with Gasteiger partial charge in [0.1, 0.15) is 35.8 Å². The van der Waals surface area contributed by atoms with Gasteiger partial charge >= 0.3 is 12.2 Å². The van der Waals surface area contributed by atoms with Crippen LogP contribution in [0.3, 0.4) is 0 Å². The van der Waals surface area contributed by atoms with Gasteiger partial charge in [0, 0.05) is 17.4 Å². The van der Waals surface area contributed by atoms with Crippen LogP contribution in [0, 0.1) is 5.82 Å². The molecule has 11 nitrogen and oxygen atoms in total. The maximum atomic E-state index is 15.1. The van der Waals surface area contributed by atoms with Crippen LogP contribution in [0.1, 0.15) is 18.6 Å². The van der Waals surface area contributed by atoms with Crippen molar-refractivity contribution in [1.29, 1.82) is 0 Å². The minimum Gasteiger partial charge on any atom is -0.383 e. The van der Waals surface area contributed by atoms with Crippen molar-refractivity contribution in [2.75, 3.05) is 47.5 Å². The third-order valence-electron chi connectivity index (χ3n) is 6.62. The van der Waals surface area contributed by atoms with Gasteiger partial charge in [-0.3, -0.25) is 5.32 Å². The number of nitrogen functional groups attached to an aromatic ring is 1. The minimum absolute atomic E-state index is 0.110. The number of anilines is 3. The fraction of sp³-hybridized carbons (Fsp3) is 0.400. The molecule has 0 bridgehead atoms. The molecular weight excluding hydrogens is 568 g/mol. The molecule has 2 amide bonds. The van der Waals surface area contributed by atoms with Gasteiger partial charge in [0.2, 0.25) is 0 Å². The minimum atomic E-state index is -4.49. The molecule has 0 spiro atoms. The lowest BCUT2D eigenvalue weighted by Gasteiger charge is -2.24. The Balaban J connectivity index is 1.30. The van der Waals surface area contributed by atoms with Gasteiger partial charge in [-0.1, -0.05) is 11.2 Å². The first-order valence-corrected chi connectivity index (χ1v) is 15.4. The van der Waals surface area contributed by atoms with Crippen molar-refractivity contribution in [3.63, 3.8) is 0 Å². The lowest BCUT2D eigenvalue weighted by Crippen LogP contribution is -2.28. The fourth-order valence-electron chi connectivity index (χ4n) is 4.17. The first-order valence-electron chi connectivity index (χ1n) is 12.4. The summed E-state index contributed by atoms with van der Waals surface area (Å²) < 4.78 is 67.1. The molecule has 1 aliphatic carbocycles. The standard InChI is InChI=1S/C25H28F4N8O3S/c1-41(2,3)9-8-39-13-37-22-19(21(30)31-12-32-22)20(35-37)14-4-5-16(15(26)10-14)33-23(38)34-18-11-17(40-36-18)24(6-7-24)25(27,28)29/h4-5,10-12H,6-9,13H2,1-3H3,(H2,30,31,32)(H2,33,34,36,38). The Labute approximate surface area is 233 Å². The summed E-state index contributed by atoms with van der Waals surface area (Å²) >= 11 is 0. The van der Waals surface area contributed by atoms with Crippen LogP contribution in [0.2, 0.25) is 0 Å². The number of urea groups is 1. The molecule has 0 radical (unpaired) electrons. The molecule has 3 aromatic heterocycles. The van der Waals surface area contributed by atoms with Gasteiger partial charge in [-0.05, 0) is 43.7 Å². The van der Waals surface area contributed by atoms with E-state index in [1.165, 1.54) is 23.1 Å². The lowest BCUT2D eigenvalue weighted by molar-refractivity contribution is -0.165. The van der Waals surface area contributed by atoms with Crippen LogP contribution in [-0.4, -0.2) is 68.2 Å². The molecule has 5 rings (SSSR count). The number of ether oxygens (including phenoxy) is 1. The molecule has 1 fully saturated rings. The summed E-state index contributed by atoms with van der Waals surface area (Å²) in [7, 11) is -0.734. The van der Waals surface area contributed by atoms with E-state index in [1.807, 2.05) is 0 Å². The van der Waals surface area contributed by atoms with Crippen molar-refractivity contribution in [2.45, 2.75) is 31.2 Å². The number of hydrogen-bond acceptors (Lipinski definition) is 8. The third kappa shape index (κ3) is 5.93. The number of carbonyl (C=O) groups is 1. The Morgan fingerprint density at radius 3 is 2.61 bits per heavy atom.